The summed E-state index contributed by atoms with van der Waals surface area (Å²) in [5, 5.41) is 0.408. The van der Waals surface area contributed by atoms with E-state index in [2.05, 4.69) is 4.98 Å². The summed E-state index contributed by atoms with van der Waals surface area (Å²) in [6.07, 6.45) is 2.46. The van der Waals surface area contributed by atoms with Crippen LogP contribution < -0.4 is 10.5 Å². The maximum Gasteiger partial charge on any atom is 0.268 e. The molecule has 0 N–H and O–H groups in total. The molecular weight excluding hydrogens is 360 g/mol. The second kappa shape index (κ2) is 5.98. The molecule has 0 atom stereocenters. The first kappa shape index (κ1) is 16.8. The lowest BCUT2D eigenvalue weighted by Gasteiger charge is -2.29. The van der Waals surface area contributed by atoms with Gasteiger partial charge in [0.2, 0.25) is 0 Å². The molecule has 4 rings (SSSR count). The molecule has 26 heavy (non-hydrogen) atoms. The second-order valence-corrected chi connectivity index (χ2v) is 7.34. The van der Waals surface area contributed by atoms with E-state index in [0.717, 1.165) is 17.4 Å². The average Bonchev–Trinajstić information content (AvgIpc) is 2.94. The molecule has 0 saturated carbocycles. The van der Waals surface area contributed by atoms with E-state index < -0.39 is 11.6 Å². The van der Waals surface area contributed by atoms with Crippen LogP contribution in [0.5, 0.6) is 0 Å². The lowest BCUT2D eigenvalue weighted by atomic mass is 10.0. The van der Waals surface area contributed by atoms with E-state index in [-0.39, 0.29) is 17.2 Å². The number of halogens is 2. The minimum Gasteiger partial charge on any atom is -0.307 e. The normalized spacial score (nSPS) is 13.9. The average molecular weight is 375 g/mol. The van der Waals surface area contributed by atoms with Crippen LogP contribution >= 0.6 is 11.3 Å². The SMILES string of the molecule is Cc1c(C(=O)N2CCCc3c(F)cc(F)cc32)sc2ncn(C)c(=O)c12. The smallest absolute Gasteiger partial charge is 0.268 e. The van der Waals surface area contributed by atoms with Gasteiger partial charge in [-0.2, -0.15) is 0 Å². The van der Waals surface area contributed by atoms with Gasteiger partial charge in [0.05, 0.1) is 22.3 Å². The Morgan fingerprint density at radius 3 is 2.85 bits per heavy atom. The summed E-state index contributed by atoms with van der Waals surface area (Å²) < 4.78 is 29.2. The molecule has 0 fully saturated rings. The molecule has 3 heterocycles. The zero-order valence-corrected chi connectivity index (χ0v) is 15.0. The number of thiophene rings is 1. The van der Waals surface area contributed by atoms with Gasteiger partial charge in [0.15, 0.2) is 0 Å². The van der Waals surface area contributed by atoms with Gasteiger partial charge in [-0.05, 0) is 31.4 Å². The number of rotatable bonds is 1. The molecule has 2 aromatic heterocycles. The Morgan fingerprint density at radius 1 is 1.31 bits per heavy atom. The molecule has 0 unspecified atom stereocenters. The number of nitrogens with zero attached hydrogens (tertiary/aromatic N) is 3. The van der Waals surface area contributed by atoms with Crippen LogP contribution in [0.4, 0.5) is 14.5 Å². The number of carbonyl (C=O) groups excluding carboxylic acids is 1. The highest BCUT2D eigenvalue weighted by molar-refractivity contribution is 7.20. The number of aryl methyl sites for hydroxylation is 2. The predicted octanol–water partition coefficient (Wildman–Crippen LogP) is 3.17. The van der Waals surface area contributed by atoms with E-state index in [1.54, 1.807) is 14.0 Å². The molecule has 1 aromatic carbocycles. The van der Waals surface area contributed by atoms with Crippen molar-refractivity contribution in [3.8, 4) is 0 Å². The van der Waals surface area contributed by atoms with Gasteiger partial charge in [-0.25, -0.2) is 13.8 Å². The van der Waals surface area contributed by atoms with Gasteiger partial charge >= 0.3 is 0 Å². The van der Waals surface area contributed by atoms with Crippen LogP contribution in [0.15, 0.2) is 23.3 Å². The van der Waals surface area contributed by atoms with E-state index in [9.17, 15) is 18.4 Å². The molecule has 0 radical (unpaired) electrons. The molecule has 5 nitrogen and oxygen atoms in total. The van der Waals surface area contributed by atoms with Crippen LogP contribution in [0.25, 0.3) is 10.2 Å². The number of amides is 1. The fraction of sp³-hybridized carbons (Fsp3) is 0.278. The monoisotopic (exact) mass is 375 g/mol. The Balaban J connectivity index is 1.86. The number of benzene rings is 1. The minimum absolute atomic E-state index is 0.223. The largest absolute Gasteiger partial charge is 0.307 e. The van der Waals surface area contributed by atoms with Crippen LogP contribution in [-0.2, 0) is 13.5 Å². The van der Waals surface area contributed by atoms with Crippen LogP contribution in [0.2, 0.25) is 0 Å². The van der Waals surface area contributed by atoms with Crippen molar-refractivity contribution >= 4 is 33.1 Å². The third-order valence-electron chi connectivity index (χ3n) is 4.69. The van der Waals surface area contributed by atoms with Crippen molar-refractivity contribution in [3.63, 3.8) is 0 Å². The summed E-state index contributed by atoms with van der Waals surface area (Å²) in [4.78, 5) is 31.9. The van der Waals surface area contributed by atoms with Gasteiger partial charge < -0.3 is 9.47 Å². The summed E-state index contributed by atoms with van der Waals surface area (Å²) in [5.41, 5.74) is 0.932. The first-order valence-electron chi connectivity index (χ1n) is 8.13. The van der Waals surface area contributed by atoms with Crippen molar-refractivity contribution in [1.82, 2.24) is 9.55 Å². The number of hydrogen-bond acceptors (Lipinski definition) is 4. The highest BCUT2D eigenvalue weighted by Gasteiger charge is 2.29. The van der Waals surface area contributed by atoms with Crippen LogP contribution in [0.3, 0.4) is 0 Å². The number of carbonyl (C=O) groups is 1. The first-order chi connectivity index (χ1) is 12.4. The van der Waals surface area contributed by atoms with E-state index in [4.69, 9.17) is 0 Å². The maximum absolute atomic E-state index is 14.1. The minimum atomic E-state index is -0.718. The molecule has 0 spiro atoms. The summed E-state index contributed by atoms with van der Waals surface area (Å²) in [7, 11) is 1.60. The Morgan fingerprint density at radius 2 is 2.08 bits per heavy atom. The van der Waals surface area contributed by atoms with E-state index in [0.29, 0.717) is 45.6 Å². The van der Waals surface area contributed by atoms with Gasteiger partial charge in [-0.15, -0.1) is 11.3 Å². The highest BCUT2D eigenvalue weighted by atomic mass is 32.1. The fourth-order valence-electron chi connectivity index (χ4n) is 3.36. The van der Waals surface area contributed by atoms with E-state index in [1.807, 2.05) is 0 Å². The third-order valence-corrected chi connectivity index (χ3v) is 5.87. The molecule has 1 aliphatic rings. The second-order valence-electron chi connectivity index (χ2n) is 6.34. The maximum atomic E-state index is 14.1. The highest BCUT2D eigenvalue weighted by Crippen LogP contribution is 2.34. The Labute approximate surface area is 151 Å². The standard InChI is InChI=1S/C18H15F2N3O2S/c1-9-14-16(21-8-22(2)17(14)24)26-15(9)18(25)23-5-3-4-11-12(20)6-10(19)7-13(11)23/h6-8H,3-5H2,1-2H3. The first-order valence-corrected chi connectivity index (χ1v) is 8.94. The molecule has 3 aromatic rings. The lowest BCUT2D eigenvalue weighted by Crippen LogP contribution is -2.36. The zero-order chi connectivity index (χ0) is 18.6. The molecule has 0 saturated heterocycles. The lowest BCUT2D eigenvalue weighted by molar-refractivity contribution is 0.0988. The third kappa shape index (κ3) is 2.44. The van der Waals surface area contributed by atoms with E-state index in [1.165, 1.54) is 21.9 Å². The van der Waals surface area contributed by atoms with Gasteiger partial charge in [0.25, 0.3) is 11.5 Å². The van der Waals surface area contributed by atoms with Crippen LogP contribution in [-0.4, -0.2) is 22.0 Å². The molecule has 1 amide bonds. The summed E-state index contributed by atoms with van der Waals surface area (Å²) in [6.45, 7) is 2.07. The van der Waals surface area contributed by atoms with Crippen molar-refractivity contribution in [3.05, 3.63) is 56.5 Å². The summed E-state index contributed by atoms with van der Waals surface area (Å²) in [6, 6.07) is 2.03. The van der Waals surface area contributed by atoms with Crippen molar-refractivity contribution in [2.75, 3.05) is 11.4 Å². The molecule has 8 heteroatoms. The molecule has 0 aliphatic carbocycles. The Kier molecular flexibility index (Phi) is 3.87. The summed E-state index contributed by atoms with van der Waals surface area (Å²) in [5.74, 6) is -1.72. The number of hydrogen-bond donors (Lipinski definition) is 0. The van der Waals surface area contributed by atoms with Gasteiger partial charge in [0, 0.05) is 25.2 Å². The van der Waals surface area contributed by atoms with Crippen LogP contribution in [0, 0.1) is 18.6 Å². The van der Waals surface area contributed by atoms with Crippen molar-refractivity contribution in [2.45, 2.75) is 19.8 Å². The molecule has 134 valence electrons. The number of anilines is 1. The van der Waals surface area contributed by atoms with Crippen molar-refractivity contribution in [1.29, 1.82) is 0 Å². The van der Waals surface area contributed by atoms with Gasteiger partial charge in [-0.1, -0.05) is 0 Å². The summed E-state index contributed by atoms with van der Waals surface area (Å²) >= 11 is 1.13. The predicted molar refractivity (Wildman–Crippen MR) is 96.0 cm³/mol. The van der Waals surface area contributed by atoms with Crippen LogP contribution in [0.1, 0.15) is 27.2 Å². The van der Waals surface area contributed by atoms with Crippen molar-refractivity contribution < 1.29 is 13.6 Å². The molecule has 0 bridgehead atoms. The number of aromatic nitrogens is 2. The molecule has 1 aliphatic heterocycles. The number of fused-ring (bicyclic) bond motifs is 2. The fourth-order valence-corrected chi connectivity index (χ4v) is 4.45. The van der Waals surface area contributed by atoms with Gasteiger partial charge in [0.1, 0.15) is 16.5 Å². The quantitative estimate of drug-likeness (QED) is 0.656. The Hall–Kier alpha value is -2.61. The van der Waals surface area contributed by atoms with E-state index >= 15 is 0 Å². The topological polar surface area (TPSA) is 55.2 Å². The van der Waals surface area contributed by atoms with Crippen molar-refractivity contribution in [2.24, 2.45) is 7.05 Å². The zero-order valence-electron chi connectivity index (χ0n) is 14.2. The molecular formula is C18H15F2N3O2S. The van der Waals surface area contributed by atoms with Gasteiger partial charge in [-0.3, -0.25) is 9.59 Å². The Bertz CT molecular complexity index is 1120.